The molecular formula is C16H19BrN4O. The van der Waals surface area contributed by atoms with Crippen LogP contribution in [0.5, 0.6) is 0 Å². The Balaban J connectivity index is 1.95. The molecule has 1 heterocycles. The fraction of sp³-hybridized carbons (Fsp3) is 0.312. The van der Waals surface area contributed by atoms with Gasteiger partial charge in [-0.05, 0) is 52.5 Å². The molecule has 0 aliphatic heterocycles. The van der Waals surface area contributed by atoms with E-state index >= 15 is 0 Å². The molecule has 2 N–H and O–H groups in total. The number of nitrogens with zero attached hydrogens (tertiary/aromatic N) is 2. The molecule has 2 aromatic rings. The summed E-state index contributed by atoms with van der Waals surface area (Å²) in [5.41, 5.74) is 0.985. The van der Waals surface area contributed by atoms with Gasteiger partial charge < -0.3 is 10.6 Å². The number of hydrogen-bond acceptors (Lipinski definition) is 4. The van der Waals surface area contributed by atoms with E-state index in [2.05, 4.69) is 50.6 Å². The van der Waals surface area contributed by atoms with Gasteiger partial charge in [-0.25, -0.2) is 0 Å². The van der Waals surface area contributed by atoms with Crippen LogP contribution in [0.3, 0.4) is 0 Å². The molecule has 1 aromatic carbocycles. The Morgan fingerprint density at radius 2 is 1.95 bits per heavy atom. The Bertz CT molecular complexity index is 628. The van der Waals surface area contributed by atoms with Crippen LogP contribution in [0.15, 0.2) is 40.9 Å². The van der Waals surface area contributed by atoms with Gasteiger partial charge in [-0.3, -0.25) is 4.79 Å². The predicted molar refractivity (Wildman–Crippen MR) is 92.1 cm³/mol. The molecule has 0 fully saturated rings. The molecule has 1 aromatic heterocycles. The summed E-state index contributed by atoms with van der Waals surface area (Å²) in [5, 5.41) is 14.0. The molecule has 116 valence electrons. The normalized spacial score (nSPS) is 10.5. The second-order valence-electron chi connectivity index (χ2n) is 5.35. The number of carbonyl (C=O) groups excluding carboxylic acids is 1. The van der Waals surface area contributed by atoms with E-state index in [-0.39, 0.29) is 11.6 Å². The van der Waals surface area contributed by atoms with Gasteiger partial charge in [0, 0.05) is 11.0 Å². The zero-order valence-corrected chi connectivity index (χ0v) is 14.2. The van der Waals surface area contributed by atoms with Crippen LogP contribution in [0.25, 0.3) is 0 Å². The van der Waals surface area contributed by atoms with Crippen molar-refractivity contribution in [2.24, 2.45) is 5.92 Å². The van der Waals surface area contributed by atoms with E-state index < -0.39 is 0 Å². The third-order valence-corrected chi connectivity index (χ3v) is 3.74. The zero-order valence-electron chi connectivity index (χ0n) is 12.6. The van der Waals surface area contributed by atoms with Gasteiger partial charge in [0.2, 0.25) is 0 Å². The van der Waals surface area contributed by atoms with Crippen molar-refractivity contribution < 1.29 is 4.79 Å². The minimum Gasteiger partial charge on any atom is -0.369 e. The number of hydrogen-bond donors (Lipinski definition) is 2. The van der Waals surface area contributed by atoms with Crippen molar-refractivity contribution in [2.75, 3.05) is 17.2 Å². The molecule has 6 heteroatoms. The van der Waals surface area contributed by atoms with E-state index in [4.69, 9.17) is 0 Å². The van der Waals surface area contributed by atoms with Gasteiger partial charge in [0.1, 0.15) is 5.82 Å². The Labute approximate surface area is 138 Å². The topological polar surface area (TPSA) is 66.9 Å². The number of nitrogens with one attached hydrogen (secondary N) is 2. The molecule has 0 aliphatic carbocycles. The first-order chi connectivity index (χ1) is 10.6. The van der Waals surface area contributed by atoms with Crippen LogP contribution in [-0.2, 0) is 0 Å². The summed E-state index contributed by atoms with van der Waals surface area (Å²) in [4.78, 5) is 12.1. The highest BCUT2D eigenvalue weighted by Gasteiger charge is 2.10. The lowest BCUT2D eigenvalue weighted by molar-refractivity contribution is 0.102. The first kappa shape index (κ1) is 16.4. The Morgan fingerprint density at radius 1 is 1.18 bits per heavy atom. The Hall–Kier alpha value is -1.95. The summed E-state index contributed by atoms with van der Waals surface area (Å²) < 4.78 is 0.822. The molecule has 2 rings (SSSR count). The fourth-order valence-corrected chi connectivity index (χ4v) is 2.17. The highest BCUT2D eigenvalue weighted by molar-refractivity contribution is 9.10. The van der Waals surface area contributed by atoms with E-state index in [0.717, 1.165) is 17.4 Å². The summed E-state index contributed by atoms with van der Waals surface area (Å²) in [6.07, 6.45) is 1.06. The van der Waals surface area contributed by atoms with E-state index in [0.29, 0.717) is 17.4 Å². The van der Waals surface area contributed by atoms with Crippen molar-refractivity contribution in [1.29, 1.82) is 0 Å². The number of rotatable bonds is 6. The van der Waals surface area contributed by atoms with Crippen LogP contribution < -0.4 is 10.6 Å². The quantitative estimate of drug-likeness (QED) is 0.816. The molecule has 0 saturated heterocycles. The molecule has 0 unspecified atom stereocenters. The highest BCUT2D eigenvalue weighted by Crippen LogP contribution is 2.21. The van der Waals surface area contributed by atoms with Gasteiger partial charge in [-0.15, -0.1) is 10.2 Å². The van der Waals surface area contributed by atoms with Crippen LogP contribution >= 0.6 is 15.9 Å². The zero-order chi connectivity index (χ0) is 15.9. The molecule has 0 saturated carbocycles. The van der Waals surface area contributed by atoms with Gasteiger partial charge >= 0.3 is 0 Å². The Morgan fingerprint density at radius 3 is 2.59 bits per heavy atom. The maximum absolute atomic E-state index is 12.1. The van der Waals surface area contributed by atoms with E-state index in [9.17, 15) is 4.79 Å². The third kappa shape index (κ3) is 4.80. The minimum absolute atomic E-state index is 0.283. The molecule has 5 nitrogen and oxygen atoms in total. The van der Waals surface area contributed by atoms with Gasteiger partial charge in [0.15, 0.2) is 5.69 Å². The van der Waals surface area contributed by atoms with Crippen molar-refractivity contribution in [2.45, 2.75) is 20.3 Å². The molecule has 0 spiro atoms. The van der Waals surface area contributed by atoms with Gasteiger partial charge in [0.25, 0.3) is 5.91 Å². The molecule has 0 aliphatic rings. The largest absolute Gasteiger partial charge is 0.369 e. The van der Waals surface area contributed by atoms with Crippen molar-refractivity contribution in [3.8, 4) is 0 Å². The minimum atomic E-state index is -0.284. The number of benzene rings is 1. The lowest BCUT2D eigenvalue weighted by Crippen LogP contribution is -2.15. The number of aromatic nitrogens is 2. The van der Waals surface area contributed by atoms with E-state index in [1.54, 1.807) is 12.1 Å². The van der Waals surface area contributed by atoms with Crippen LogP contribution in [0.4, 0.5) is 11.5 Å². The van der Waals surface area contributed by atoms with Gasteiger partial charge in [-0.2, -0.15) is 0 Å². The summed E-state index contributed by atoms with van der Waals surface area (Å²) >= 11 is 3.39. The van der Waals surface area contributed by atoms with E-state index in [1.807, 2.05) is 24.3 Å². The maximum atomic E-state index is 12.1. The van der Waals surface area contributed by atoms with Crippen molar-refractivity contribution >= 4 is 33.3 Å². The van der Waals surface area contributed by atoms with Gasteiger partial charge in [-0.1, -0.05) is 26.0 Å². The average Bonchev–Trinajstić information content (AvgIpc) is 2.50. The number of anilines is 2. The monoisotopic (exact) mass is 362 g/mol. The SMILES string of the molecule is CC(C)CCNc1ccc(C(=O)Nc2ccccc2Br)nn1. The first-order valence-corrected chi connectivity index (χ1v) is 7.99. The first-order valence-electron chi connectivity index (χ1n) is 7.19. The second-order valence-corrected chi connectivity index (χ2v) is 6.20. The smallest absolute Gasteiger partial charge is 0.276 e. The summed E-state index contributed by atoms with van der Waals surface area (Å²) in [6, 6.07) is 10.9. The summed E-state index contributed by atoms with van der Waals surface area (Å²) in [6.45, 7) is 5.18. The Kier molecular flexibility index (Phi) is 5.89. The van der Waals surface area contributed by atoms with E-state index in [1.165, 1.54) is 0 Å². The van der Waals surface area contributed by atoms with Crippen molar-refractivity contribution in [3.05, 3.63) is 46.6 Å². The molecular weight excluding hydrogens is 344 g/mol. The molecule has 1 amide bonds. The summed E-state index contributed by atoms with van der Waals surface area (Å²) in [7, 11) is 0. The van der Waals surface area contributed by atoms with Crippen LogP contribution in [0.2, 0.25) is 0 Å². The molecule has 22 heavy (non-hydrogen) atoms. The third-order valence-electron chi connectivity index (χ3n) is 3.05. The van der Waals surface area contributed by atoms with Crippen LogP contribution in [-0.4, -0.2) is 22.6 Å². The number of halogens is 1. The second kappa shape index (κ2) is 7.89. The standard InChI is InChI=1S/C16H19BrN4O/c1-11(2)9-10-18-15-8-7-14(20-21-15)16(22)19-13-6-4-3-5-12(13)17/h3-8,11H,9-10H2,1-2H3,(H,18,21)(H,19,22). The van der Waals surface area contributed by atoms with Crippen molar-refractivity contribution in [3.63, 3.8) is 0 Å². The predicted octanol–water partition coefficient (Wildman–Crippen LogP) is 3.95. The molecule has 0 atom stereocenters. The fourth-order valence-electron chi connectivity index (χ4n) is 1.79. The van der Waals surface area contributed by atoms with Gasteiger partial charge in [0.05, 0.1) is 5.69 Å². The highest BCUT2D eigenvalue weighted by atomic mass is 79.9. The van der Waals surface area contributed by atoms with Crippen LogP contribution in [0, 0.1) is 5.92 Å². The lowest BCUT2D eigenvalue weighted by Gasteiger charge is -2.08. The molecule has 0 radical (unpaired) electrons. The maximum Gasteiger partial charge on any atom is 0.276 e. The number of amides is 1. The number of carbonyl (C=O) groups is 1. The number of para-hydroxylation sites is 1. The van der Waals surface area contributed by atoms with Crippen molar-refractivity contribution in [1.82, 2.24) is 10.2 Å². The molecule has 0 bridgehead atoms. The van der Waals surface area contributed by atoms with Crippen LogP contribution in [0.1, 0.15) is 30.8 Å². The summed E-state index contributed by atoms with van der Waals surface area (Å²) in [5.74, 6) is 1.03. The average molecular weight is 363 g/mol. The lowest BCUT2D eigenvalue weighted by atomic mass is 10.1.